The predicted molar refractivity (Wildman–Crippen MR) is 117 cm³/mol. The number of benzene rings is 1. The molecule has 8 nitrogen and oxygen atoms in total. The van der Waals surface area contributed by atoms with Gasteiger partial charge in [0.2, 0.25) is 5.75 Å². The van der Waals surface area contributed by atoms with Gasteiger partial charge in [-0.15, -0.1) is 0 Å². The molecule has 0 unspecified atom stereocenters. The number of hydrogen-bond acceptors (Lipinski definition) is 6. The van der Waals surface area contributed by atoms with Crippen molar-refractivity contribution in [3.63, 3.8) is 0 Å². The van der Waals surface area contributed by atoms with E-state index < -0.39 is 17.8 Å². The minimum absolute atomic E-state index is 0.0171. The Morgan fingerprint density at radius 2 is 1.68 bits per heavy atom. The number of nitrogens with zero attached hydrogens (tertiary/aromatic N) is 3. The van der Waals surface area contributed by atoms with Gasteiger partial charge in [0, 0.05) is 11.6 Å². The van der Waals surface area contributed by atoms with Crippen LogP contribution in [0.2, 0.25) is 0 Å². The van der Waals surface area contributed by atoms with Gasteiger partial charge in [0.15, 0.2) is 22.8 Å². The van der Waals surface area contributed by atoms with Gasteiger partial charge in [-0.1, -0.05) is 19.3 Å². The van der Waals surface area contributed by atoms with Gasteiger partial charge in [-0.25, -0.2) is 9.50 Å². The molecule has 1 amide bonds. The summed E-state index contributed by atoms with van der Waals surface area (Å²) in [5, 5.41) is 6.75. The smallest absolute Gasteiger partial charge is 0.433 e. The number of halogens is 3. The van der Waals surface area contributed by atoms with Crippen LogP contribution >= 0.6 is 0 Å². The van der Waals surface area contributed by atoms with Gasteiger partial charge in [0.25, 0.3) is 5.91 Å². The van der Waals surface area contributed by atoms with E-state index >= 15 is 0 Å². The highest BCUT2D eigenvalue weighted by molar-refractivity contribution is 6.00. The molecule has 2 heterocycles. The summed E-state index contributed by atoms with van der Waals surface area (Å²) in [6, 6.07) is 3.86. The molecule has 3 aromatic rings. The standard InChI is InChI=1S/C23H25F3N4O4/c1-32-17-9-13(10-18(33-2)20(17)34-3)16-11-19(23(24,25)26)30-21(29-16)15(12-27-30)22(31)28-14-7-5-4-6-8-14/h9-12,14H,4-8H2,1-3H3,(H,28,31). The van der Waals surface area contributed by atoms with Crippen molar-refractivity contribution in [2.45, 2.75) is 44.3 Å². The fourth-order valence-corrected chi connectivity index (χ4v) is 4.21. The van der Waals surface area contributed by atoms with E-state index in [4.69, 9.17) is 14.2 Å². The van der Waals surface area contributed by atoms with Gasteiger partial charge < -0.3 is 19.5 Å². The van der Waals surface area contributed by atoms with Crippen LogP contribution in [-0.4, -0.2) is 47.9 Å². The maximum absolute atomic E-state index is 13.9. The van der Waals surface area contributed by atoms with Crippen LogP contribution in [-0.2, 0) is 6.18 Å². The second-order valence-electron chi connectivity index (χ2n) is 8.04. The number of carbonyl (C=O) groups excluding carboxylic acids is 1. The van der Waals surface area contributed by atoms with Crippen molar-refractivity contribution < 1.29 is 32.2 Å². The number of ether oxygens (including phenoxy) is 3. The highest BCUT2D eigenvalue weighted by atomic mass is 19.4. The molecule has 4 rings (SSSR count). The minimum Gasteiger partial charge on any atom is -0.493 e. The van der Waals surface area contributed by atoms with Crippen LogP contribution in [0.15, 0.2) is 24.4 Å². The molecule has 1 aliphatic carbocycles. The quantitative estimate of drug-likeness (QED) is 0.561. The summed E-state index contributed by atoms with van der Waals surface area (Å²) in [7, 11) is 4.24. The summed E-state index contributed by atoms with van der Waals surface area (Å²) in [6.07, 6.45) is 1.17. The Morgan fingerprint density at radius 1 is 1.03 bits per heavy atom. The van der Waals surface area contributed by atoms with Crippen molar-refractivity contribution in [2.75, 3.05) is 21.3 Å². The molecule has 2 aromatic heterocycles. The summed E-state index contributed by atoms with van der Waals surface area (Å²) < 4.78 is 58.4. The molecule has 0 radical (unpaired) electrons. The fourth-order valence-electron chi connectivity index (χ4n) is 4.21. The van der Waals surface area contributed by atoms with Crippen molar-refractivity contribution in [3.05, 3.63) is 35.7 Å². The first-order chi connectivity index (χ1) is 16.3. The molecule has 1 fully saturated rings. The molecule has 1 aromatic carbocycles. The number of fused-ring (bicyclic) bond motifs is 1. The van der Waals surface area contributed by atoms with Crippen LogP contribution in [0.25, 0.3) is 16.9 Å². The summed E-state index contributed by atoms with van der Waals surface area (Å²) in [4.78, 5) is 17.3. The highest BCUT2D eigenvalue weighted by Crippen LogP contribution is 2.42. The second-order valence-corrected chi connectivity index (χ2v) is 8.04. The van der Waals surface area contributed by atoms with E-state index in [0.717, 1.165) is 44.4 Å². The number of amides is 1. The first-order valence-corrected chi connectivity index (χ1v) is 10.8. The van der Waals surface area contributed by atoms with E-state index in [-0.39, 0.29) is 34.4 Å². The average molecular weight is 478 g/mol. The molecule has 0 aliphatic heterocycles. The van der Waals surface area contributed by atoms with Crippen LogP contribution in [0.5, 0.6) is 17.2 Å². The summed E-state index contributed by atoms with van der Waals surface area (Å²) >= 11 is 0. The molecule has 1 saturated carbocycles. The van der Waals surface area contributed by atoms with E-state index in [0.29, 0.717) is 15.8 Å². The van der Waals surface area contributed by atoms with Gasteiger partial charge in [-0.3, -0.25) is 4.79 Å². The zero-order valence-corrected chi connectivity index (χ0v) is 19.0. The second kappa shape index (κ2) is 9.40. The SMILES string of the molecule is COc1cc(-c2cc(C(F)(F)F)n3ncc(C(=O)NC4CCCCC4)c3n2)cc(OC)c1OC. The molecular weight excluding hydrogens is 453 g/mol. The minimum atomic E-state index is -4.74. The number of nitrogens with one attached hydrogen (secondary N) is 1. The zero-order valence-electron chi connectivity index (χ0n) is 19.0. The topological polar surface area (TPSA) is 87.0 Å². The Morgan fingerprint density at radius 3 is 2.24 bits per heavy atom. The lowest BCUT2D eigenvalue weighted by Gasteiger charge is -2.22. The third kappa shape index (κ3) is 4.46. The molecule has 11 heteroatoms. The maximum Gasteiger partial charge on any atom is 0.433 e. The van der Waals surface area contributed by atoms with E-state index in [1.54, 1.807) is 0 Å². The highest BCUT2D eigenvalue weighted by Gasteiger charge is 2.36. The van der Waals surface area contributed by atoms with Crippen LogP contribution in [0, 0.1) is 0 Å². The Kier molecular flexibility index (Phi) is 6.54. The molecule has 0 saturated heterocycles. The molecule has 0 spiro atoms. The molecule has 1 N–H and O–H groups in total. The molecule has 1 aliphatic rings. The third-order valence-electron chi connectivity index (χ3n) is 5.91. The van der Waals surface area contributed by atoms with Crippen molar-refractivity contribution in [3.8, 4) is 28.5 Å². The van der Waals surface area contributed by atoms with E-state index in [1.807, 2.05) is 0 Å². The Labute approximate surface area is 194 Å². The van der Waals surface area contributed by atoms with Crippen molar-refractivity contribution in [1.29, 1.82) is 0 Å². The van der Waals surface area contributed by atoms with E-state index in [1.165, 1.54) is 33.5 Å². The Bertz CT molecular complexity index is 1180. The lowest BCUT2D eigenvalue weighted by atomic mass is 9.95. The van der Waals surface area contributed by atoms with Crippen molar-refractivity contribution in [1.82, 2.24) is 19.9 Å². The number of carbonyl (C=O) groups is 1. The first kappa shape index (κ1) is 23.7. The van der Waals surface area contributed by atoms with Gasteiger partial charge in [-0.2, -0.15) is 18.3 Å². The van der Waals surface area contributed by atoms with Crippen molar-refractivity contribution >= 4 is 11.6 Å². The average Bonchev–Trinajstić information content (AvgIpc) is 3.26. The van der Waals surface area contributed by atoms with Crippen molar-refractivity contribution in [2.24, 2.45) is 0 Å². The van der Waals surface area contributed by atoms with Gasteiger partial charge in [0.05, 0.1) is 33.2 Å². The number of alkyl halides is 3. The number of rotatable bonds is 6. The monoisotopic (exact) mass is 478 g/mol. The van der Waals surface area contributed by atoms with Gasteiger partial charge >= 0.3 is 6.18 Å². The van der Waals surface area contributed by atoms with Crippen LogP contribution in [0.3, 0.4) is 0 Å². The molecular formula is C23H25F3N4O4. The van der Waals surface area contributed by atoms with Crippen LogP contribution in [0.1, 0.15) is 48.2 Å². The molecule has 0 bridgehead atoms. The predicted octanol–water partition coefficient (Wildman–Crippen LogP) is 4.50. The first-order valence-electron chi connectivity index (χ1n) is 10.8. The maximum atomic E-state index is 13.9. The summed E-state index contributed by atoms with van der Waals surface area (Å²) in [5.41, 5.74) is -0.996. The molecule has 0 atom stereocenters. The Hall–Kier alpha value is -3.50. The largest absolute Gasteiger partial charge is 0.493 e. The summed E-state index contributed by atoms with van der Waals surface area (Å²) in [5.74, 6) is 0.319. The van der Waals surface area contributed by atoms with Gasteiger partial charge in [0.1, 0.15) is 5.56 Å². The number of hydrogen-bond donors (Lipinski definition) is 1. The van der Waals surface area contributed by atoms with Gasteiger partial charge in [-0.05, 0) is 31.0 Å². The third-order valence-corrected chi connectivity index (χ3v) is 5.91. The van der Waals surface area contributed by atoms with E-state index in [9.17, 15) is 18.0 Å². The molecule has 34 heavy (non-hydrogen) atoms. The lowest BCUT2D eigenvalue weighted by molar-refractivity contribution is -0.142. The van der Waals surface area contributed by atoms with E-state index in [2.05, 4.69) is 15.4 Å². The summed E-state index contributed by atoms with van der Waals surface area (Å²) in [6.45, 7) is 0. The molecule has 182 valence electrons. The van der Waals surface area contributed by atoms with Crippen LogP contribution < -0.4 is 19.5 Å². The van der Waals surface area contributed by atoms with Crippen LogP contribution in [0.4, 0.5) is 13.2 Å². The number of methoxy groups -OCH3 is 3. The lowest BCUT2D eigenvalue weighted by Crippen LogP contribution is -2.36. The number of aromatic nitrogens is 3. The fraction of sp³-hybridized carbons (Fsp3) is 0.435. The normalized spacial score (nSPS) is 14.8. The zero-order chi connectivity index (χ0) is 24.5. The Balaban J connectivity index is 1.85.